The van der Waals surface area contributed by atoms with Gasteiger partial charge in [0.25, 0.3) is 0 Å². The Bertz CT molecular complexity index is 233. The van der Waals surface area contributed by atoms with Crippen molar-refractivity contribution in [1.82, 2.24) is 5.32 Å². The minimum Gasteiger partial charge on any atom is -0.444 e. The fourth-order valence-electron chi connectivity index (χ4n) is 1.11. The molecule has 0 atom stereocenters. The fraction of sp³-hybridized carbons (Fsp3) is 0.917. The molecule has 0 unspecified atom stereocenters. The SMILES string of the molecule is CC(C)(COCCCO)NC(=O)OC(C)(C)C. The molecule has 0 radical (unpaired) electrons. The number of carbonyl (C=O) groups is 1. The maximum atomic E-state index is 11.5. The molecule has 5 heteroatoms. The van der Waals surface area contributed by atoms with E-state index >= 15 is 0 Å². The number of aliphatic hydroxyl groups excluding tert-OH is 1. The van der Waals surface area contributed by atoms with E-state index in [1.54, 1.807) is 0 Å². The van der Waals surface area contributed by atoms with Gasteiger partial charge in [-0.3, -0.25) is 0 Å². The molecule has 0 saturated carbocycles. The van der Waals surface area contributed by atoms with E-state index in [0.717, 1.165) is 0 Å². The Balaban J connectivity index is 3.94. The molecule has 0 saturated heterocycles. The summed E-state index contributed by atoms with van der Waals surface area (Å²) in [6.07, 6.45) is 0.149. The first-order chi connectivity index (χ1) is 7.66. The topological polar surface area (TPSA) is 67.8 Å². The predicted octanol–water partition coefficient (Wildman–Crippen LogP) is 1.69. The monoisotopic (exact) mass is 247 g/mol. The lowest BCUT2D eigenvalue weighted by Gasteiger charge is -2.28. The van der Waals surface area contributed by atoms with Gasteiger partial charge in [0.2, 0.25) is 0 Å². The number of amides is 1. The Morgan fingerprint density at radius 3 is 2.29 bits per heavy atom. The second-order valence-electron chi connectivity index (χ2n) is 5.64. The van der Waals surface area contributed by atoms with Crippen LogP contribution < -0.4 is 5.32 Å². The van der Waals surface area contributed by atoms with Gasteiger partial charge in [0, 0.05) is 13.2 Å². The molecule has 0 fully saturated rings. The average Bonchev–Trinajstić information content (AvgIpc) is 2.08. The van der Waals surface area contributed by atoms with Crippen LogP contribution >= 0.6 is 0 Å². The van der Waals surface area contributed by atoms with Gasteiger partial charge in [-0.05, 0) is 41.0 Å². The molecule has 0 aliphatic heterocycles. The zero-order valence-electron chi connectivity index (χ0n) is 11.5. The van der Waals surface area contributed by atoms with Crippen molar-refractivity contribution in [1.29, 1.82) is 0 Å². The molecule has 5 nitrogen and oxygen atoms in total. The first kappa shape index (κ1) is 16.2. The van der Waals surface area contributed by atoms with E-state index in [-0.39, 0.29) is 6.61 Å². The van der Waals surface area contributed by atoms with Crippen molar-refractivity contribution < 1.29 is 19.4 Å². The number of alkyl carbamates (subject to hydrolysis) is 1. The quantitative estimate of drug-likeness (QED) is 0.701. The lowest BCUT2D eigenvalue weighted by molar-refractivity contribution is 0.0329. The molecule has 0 bridgehead atoms. The molecule has 0 rings (SSSR count). The highest BCUT2D eigenvalue weighted by atomic mass is 16.6. The first-order valence-electron chi connectivity index (χ1n) is 5.86. The fourth-order valence-corrected chi connectivity index (χ4v) is 1.11. The van der Waals surface area contributed by atoms with Crippen LogP contribution in [0.1, 0.15) is 41.0 Å². The Kier molecular flexibility index (Phi) is 6.49. The highest BCUT2D eigenvalue weighted by Gasteiger charge is 2.24. The molecule has 17 heavy (non-hydrogen) atoms. The molecule has 0 spiro atoms. The van der Waals surface area contributed by atoms with E-state index < -0.39 is 17.2 Å². The number of ether oxygens (including phenoxy) is 2. The summed E-state index contributed by atoms with van der Waals surface area (Å²) in [4.78, 5) is 11.5. The van der Waals surface area contributed by atoms with Crippen molar-refractivity contribution in [2.45, 2.75) is 52.2 Å². The second-order valence-corrected chi connectivity index (χ2v) is 5.64. The summed E-state index contributed by atoms with van der Waals surface area (Å²) in [5.41, 5.74) is -0.990. The third-order valence-electron chi connectivity index (χ3n) is 1.75. The lowest BCUT2D eigenvalue weighted by atomic mass is 10.1. The first-order valence-corrected chi connectivity index (χ1v) is 5.86. The van der Waals surface area contributed by atoms with E-state index in [2.05, 4.69) is 5.32 Å². The zero-order chi connectivity index (χ0) is 13.5. The van der Waals surface area contributed by atoms with Crippen LogP contribution in [0.2, 0.25) is 0 Å². The van der Waals surface area contributed by atoms with Crippen LogP contribution in [0.25, 0.3) is 0 Å². The Morgan fingerprint density at radius 2 is 1.82 bits per heavy atom. The van der Waals surface area contributed by atoms with Crippen LogP contribution in [0.5, 0.6) is 0 Å². The third kappa shape index (κ3) is 10.1. The summed E-state index contributed by atoms with van der Waals surface area (Å²) in [7, 11) is 0. The predicted molar refractivity (Wildman–Crippen MR) is 66.0 cm³/mol. The number of rotatable bonds is 6. The minimum atomic E-state index is -0.502. The van der Waals surface area contributed by atoms with Crippen molar-refractivity contribution in [3.05, 3.63) is 0 Å². The third-order valence-corrected chi connectivity index (χ3v) is 1.75. The summed E-state index contributed by atoms with van der Waals surface area (Å²) < 4.78 is 10.5. The number of carbonyl (C=O) groups excluding carboxylic acids is 1. The van der Waals surface area contributed by atoms with Gasteiger partial charge < -0.3 is 19.9 Å². The van der Waals surface area contributed by atoms with Gasteiger partial charge >= 0.3 is 6.09 Å². The molecule has 0 aromatic rings. The summed E-state index contributed by atoms with van der Waals surface area (Å²) in [5, 5.41) is 11.3. The minimum absolute atomic E-state index is 0.111. The van der Waals surface area contributed by atoms with Gasteiger partial charge in [0.1, 0.15) is 5.60 Å². The van der Waals surface area contributed by atoms with Gasteiger partial charge in [-0.15, -0.1) is 0 Å². The zero-order valence-corrected chi connectivity index (χ0v) is 11.5. The van der Waals surface area contributed by atoms with Crippen molar-refractivity contribution in [2.24, 2.45) is 0 Å². The van der Waals surface area contributed by atoms with Crippen molar-refractivity contribution >= 4 is 6.09 Å². The average molecular weight is 247 g/mol. The molecule has 1 amide bonds. The summed E-state index contributed by atoms with van der Waals surface area (Å²) in [6.45, 7) is 10.1. The van der Waals surface area contributed by atoms with Crippen LogP contribution in [0, 0.1) is 0 Å². The van der Waals surface area contributed by atoms with Crippen LogP contribution in [0.15, 0.2) is 0 Å². The van der Waals surface area contributed by atoms with Crippen LogP contribution in [-0.2, 0) is 9.47 Å². The Labute approximate surface area is 103 Å². The van der Waals surface area contributed by atoms with E-state index in [4.69, 9.17) is 14.6 Å². The maximum Gasteiger partial charge on any atom is 0.408 e. The smallest absolute Gasteiger partial charge is 0.408 e. The van der Waals surface area contributed by atoms with Crippen molar-refractivity contribution in [3.63, 3.8) is 0 Å². The van der Waals surface area contributed by atoms with Gasteiger partial charge in [-0.2, -0.15) is 0 Å². The number of hydrogen-bond acceptors (Lipinski definition) is 4. The van der Waals surface area contributed by atoms with Gasteiger partial charge in [-0.25, -0.2) is 4.79 Å². The van der Waals surface area contributed by atoms with Crippen molar-refractivity contribution in [2.75, 3.05) is 19.8 Å². The van der Waals surface area contributed by atoms with Crippen molar-refractivity contribution in [3.8, 4) is 0 Å². The van der Waals surface area contributed by atoms with Gasteiger partial charge in [0.15, 0.2) is 0 Å². The van der Waals surface area contributed by atoms with Crippen LogP contribution in [0.3, 0.4) is 0 Å². The van der Waals surface area contributed by atoms with E-state index in [0.29, 0.717) is 19.6 Å². The molecular weight excluding hydrogens is 222 g/mol. The molecule has 0 aliphatic carbocycles. The molecular formula is C12H25NO4. The number of nitrogens with one attached hydrogen (secondary N) is 1. The summed E-state index contributed by atoms with van der Waals surface area (Å²) in [6, 6.07) is 0. The largest absolute Gasteiger partial charge is 0.444 e. The number of aliphatic hydroxyl groups is 1. The van der Waals surface area contributed by atoms with E-state index in [1.807, 2.05) is 34.6 Å². The summed E-state index contributed by atoms with van der Waals surface area (Å²) >= 11 is 0. The van der Waals surface area contributed by atoms with E-state index in [1.165, 1.54) is 0 Å². The lowest BCUT2D eigenvalue weighted by Crippen LogP contribution is -2.48. The Hall–Kier alpha value is -0.810. The van der Waals surface area contributed by atoms with Crippen LogP contribution in [-0.4, -0.2) is 42.2 Å². The van der Waals surface area contributed by atoms with Crippen LogP contribution in [0.4, 0.5) is 4.79 Å². The molecule has 0 aromatic heterocycles. The number of hydrogen-bond donors (Lipinski definition) is 2. The highest BCUT2D eigenvalue weighted by Crippen LogP contribution is 2.09. The normalized spacial score (nSPS) is 12.4. The molecule has 102 valence electrons. The van der Waals surface area contributed by atoms with Gasteiger partial charge in [-0.1, -0.05) is 0 Å². The second kappa shape index (κ2) is 6.81. The standard InChI is InChI=1S/C12H25NO4/c1-11(2,3)17-10(15)13-12(4,5)9-16-8-6-7-14/h14H,6-9H2,1-5H3,(H,13,15). The maximum absolute atomic E-state index is 11.5. The summed E-state index contributed by atoms with van der Waals surface area (Å²) in [5.74, 6) is 0. The molecule has 0 aliphatic rings. The molecule has 0 aromatic carbocycles. The Morgan fingerprint density at radius 1 is 1.24 bits per heavy atom. The molecule has 2 N–H and O–H groups in total. The molecule has 0 heterocycles. The van der Waals surface area contributed by atoms with E-state index in [9.17, 15) is 4.79 Å². The highest BCUT2D eigenvalue weighted by molar-refractivity contribution is 5.68. The van der Waals surface area contributed by atoms with Gasteiger partial charge in [0.05, 0.1) is 12.1 Å².